The minimum absolute atomic E-state index is 0.0118. The Balaban J connectivity index is 1.70. The number of rotatable bonds is 6. The van der Waals surface area contributed by atoms with Gasteiger partial charge in [-0.05, 0) is 56.3 Å². The second-order valence-corrected chi connectivity index (χ2v) is 9.49. The highest BCUT2D eigenvalue weighted by Crippen LogP contribution is 2.22. The molecule has 160 valence electrons. The molecular weight excluding hydrogens is 430 g/mol. The van der Waals surface area contributed by atoms with E-state index in [-0.39, 0.29) is 41.5 Å². The average molecular weight is 452 g/mol. The van der Waals surface area contributed by atoms with Gasteiger partial charge in [-0.25, -0.2) is 13.2 Å². The van der Waals surface area contributed by atoms with E-state index in [1.165, 1.54) is 40.7 Å². The van der Waals surface area contributed by atoms with E-state index in [0.29, 0.717) is 10.6 Å². The lowest BCUT2D eigenvalue weighted by atomic mass is 10.1. The molecule has 2 aromatic carbocycles. The Hall–Kier alpha value is -2.26. The van der Waals surface area contributed by atoms with E-state index in [4.69, 9.17) is 21.1 Å². The number of hydrogen-bond donors (Lipinski definition) is 0. The third-order valence-electron chi connectivity index (χ3n) is 4.59. The van der Waals surface area contributed by atoms with Crippen molar-refractivity contribution >= 4 is 33.4 Å². The van der Waals surface area contributed by atoms with Crippen LogP contribution < -0.4 is 0 Å². The lowest BCUT2D eigenvalue weighted by Gasteiger charge is -2.34. The Morgan fingerprint density at radius 1 is 1.07 bits per heavy atom. The zero-order chi connectivity index (χ0) is 21.9. The molecule has 3 rings (SSSR count). The highest BCUT2D eigenvalue weighted by Gasteiger charge is 2.32. The van der Waals surface area contributed by atoms with Crippen LogP contribution in [0.3, 0.4) is 0 Å². The summed E-state index contributed by atoms with van der Waals surface area (Å²) in [7, 11) is -3.80. The number of Topliss-reactive ketones (excluding diaryl/α,β-unsaturated/α-hetero) is 1. The van der Waals surface area contributed by atoms with Gasteiger partial charge in [-0.2, -0.15) is 4.31 Å². The van der Waals surface area contributed by atoms with Crippen LogP contribution in [0.4, 0.5) is 0 Å². The number of carbonyl (C=O) groups excluding carboxylic acids is 2. The molecule has 0 N–H and O–H groups in total. The lowest BCUT2D eigenvalue weighted by molar-refractivity contribution is -0.0440. The summed E-state index contributed by atoms with van der Waals surface area (Å²) < 4.78 is 38.0. The smallest absolute Gasteiger partial charge is 0.338 e. The van der Waals surface area contributed by atoms with Crippen molar-refractivity contribution in [1.82, 2.24) is 4.31 Å². The summed E-state index contributed by atoms with van der Waals surface area (Å²) >= 11 is 5.79. The van der Waals surface area contributed by atoms with E-state index in [9.17, 15) is 18.0 Å². The summed E-state index contributed by atoms with van der Waals surface area (Å²) in [5, 5.41) is 0.491. The van der Waals surface area contributed by atoms with Gasteiger partial charge in [0.15, 0.2) is 12.4 Å². The molecular formula is C21H22ClNO6S. The van der Waals surface area contributed by atoms with Crippen molar-refractivity contribution in [2.24, 2.45) is 0 Å². The van der Waals surface area contributed by atoms with Gasteiger partial charge in [0.1, 0.15) is 0 Å². The molecule has 1 heterocycles. The maximum Gasteiger partial charge on any atom is 0.338 e. The third-order valence-corrected chi connectivity index (χ3v) is 6.67. The van der Waals surface area contributed by atoms with Crippen molar-refractivity contribution in [3.05, 3.63) is 64.7 Å². The third kappa shape index (κ3) is 5.26. The van der Waals surface area contributed by atoms with Crippen molar-refractivity contribution < 1.29 is 27.5 Å². The molecule has 0 amide bonds. The van der Waals surface area contributed by atoms with Gasteiger partial charge in [0.25, 0.3) is 0 Å². The summed E-state index contributed by atoms with van der Waals surface area (Å²) in [6.45, 7) is 3.62. The second kappa shape index (κ2) is 9.26. The number of halogens is 1. The van der Waals surface area contributed by atoms with Crippen molar-refractivity contribution in [2.45, 2.75) is 31.0 Å². The van der Waals surface area contributed by atoms with Crippen LogP contribution in [0.15, 0.2) is 53.4 Å². The van der Waals surface area contributed by atoms with Crippen molar-refractivity contribution in [1.29, 1.82) is 0 Å². The van der Waals surface area contributed by atoms with Crippen LogP contribution >= 0.6 is 11.6 Å². The van der Waals surface area contributed by atoms with Crippen LogP contribution in [-0.2, 0) is 19.5 Å². The van der Waals surface area contributed by atoms with E-state index in [2.05, 4.69) is 0 Å². The van der Waals surface area contributed by atoms with E-state index in [1.54, 1.807) is 12.1 Å². The summed E-state index contributed by atoms with van der Waals surface area (Å²) in [6.07, 6.45) is -0.453. The minimum atomic E-state index is -3.80. The van der Waals surface area contributed by atoms with Gasteiger partial charge < -0.3 is 9.47 Å². The summed E-state index contributed by atoms with van der Waals surface area (Å²) in [5.74, 6) is -1.17. The number of ketones is 1. The molecule has 2 unspecified atom stereocenters. The van der Waals surface area contributed by atoms with Gasteiger partial charge in [-0.15, -0.1) is 0 Å². The zero-order valence-electron chi connectivity index (χ0n) is 16.6. The molecule has 7 nitrogen and oxygen atoms in total. The molecule has 0 radical (unpaired) electrons. The molecule has 1 aliphatic heterocycles. The minimum Gasteiger partial charge on any atom is -0.454 e. The van der Waals surface area contributed by atoms with Crippen molar-refractivity contribution in [3.8, 4) is 0 Å². The van der Waals surface area contributed by atoms with E-state index >= 15 is 0 Å². The number of morpholine rings is 1. The highest BCUT2D eigenvalue weighted by molar-refractivity contribution is 7.89. The first-order valence-electron chi connectivity index (χ1n) is 9.38. The zero-order valence-corrected chi connectivity index (χ0v) is 18.2. The van der Waals surface area contributed by atoms with Gasteiger partial charge in [0.05, 0.1) is 22.7 Å². The second-order valence-electron chi connectivity index (χ2n) is 7.11. The fraction of sp³-hybridized carbons (Fsp3) is 0.333. The van der Waals surface area contributed by atoms with Crippen LogP contribution in [0.25, 0.3) is 0 Å². The van der Waals surface area contributed by atoms with Gasteiger partial charge in [0.2, 0.25) is 10.0 Å². The van der Waals surface area contributed by atoms with Crippen molar-refractivity contribution in [3.63, 3.8) is 0 Å². The molecule has 30 heavy (non-hydrogen) atoms. The topological polar surface area (TPSA) is 90.0 Å². The molecule has 0 aliphatic carbocycles. The molecule has 2 atom stereocenters. The maximum absolute atomic E-state index is 13.0. The van der Waals surface area contributed by atoms with Crippen LogP contribution in [0, 0.1) is 0 Å². The van der Waals surface area contributed by atoms with Gasteiger partial charge in [-0.1, -0.05) is 17.7 Å². The van der Waals surface area contributed by atoms with Crippen LogP contribution in [-0.4, -0.2) is 56.4 Å². The standard InChI is InChI=1S/C21H22ClNO6S/c1-14-11-23(12-15(2)29-14)30(26,27)19-5-3-4-17(10-19)21(25)28-13-20(24)16-6-8-18(22)9-7-16/h3-10,14-15H,11-13H2,1-2H3. The molecule has 1 fully saturated rings. The predicted octanol–water partition coefficient (Wildman–Crippen LogP) is 3.18. The molecule has 1 saturated heterocycles. The quantitative estimate of drug-likeness (QED) is 0.495. The highest BCUT2D eigenvalue weighted by atomic mass is 35.5. The molecule has 9 heteroatoms. The van der Waals surface area contributed by atoms with Crippen LogP contribution in [0.1, 0.15) is 34.6 Å². The molecule has 0 bridgehead atoms. The van der Waals surface area contributed by atoms with Crippen LogP contribution in [0.2, 0.25) is 5.02 Å². The first-order chi connectivity index (χ1) is 14.2. The van der Waals surface area contributed by atoms with Gasteiger partial charge in [0, 0.05) is 23.7 Å². The monoisotopic (exact) mass is 451 g/mol. The molecule has 0 spiro atoms. The Morgan fingerprint density at radius 3 is 2.33 bits per heavy atom. The Labute approximate surface area is 180 Å². The van der Waals surface area contributed by atoms with Gasteiger partial charge in [-0.3, -0.25) is 4.79 Å². The normalized spacial score (nSPS) is 20.0. The largest absolute Gasteiger partial charge is 0.454 e. The van der Waals surface area contributed by atoms with Crippen molar-refractivity contribution in [2.75, 3.05) is 19.7 Å². The van der Waals surface area contributed by atoms with E-state index < -0.39 is 22.6 Å². The lowest BCUT2D eigenvalue weighted by Crippen LogP contribution is -2.48. The molecule has 0 saturated carbocycles. The Kier molecular flexibility index (Phi) is 6.92. The molecule has 2 aromatic rings. The Morgan fingerprint density at radius 2 is 1.70 bits per heavy atom. The Bertz CT molecular complexity index is 1030. The summed E-state index contributed by atoms with van der Waals surface area (Å²) in [5.41, 5.74) is 0.411. The number of carbonyl (C=O) groups is 2. The number of hydrogen-bond acceptors (Lipinski definition) is 6. The molecule has 1 aliphatic rings. The SMILES string of the molecule is CC1CN(S(=O)(=O)c2cccc(C(=O)OCC(=O)c3ccc(Cl)cc3)c2)CC(C)O1. The van der Waals surface area contributed by atoms with E-state index in [0.717, 1.165) is 0 Å². The number of esters is 1. The summed E-state index contributed by atoms with van der Waals surface area (Å²) in [6, 6.07) is 11.8. The predicted molar refractivity (Wildman–Crippen MR) is 111 cm³/mol. The first kappa shape index (κ1) is 22.4. The fourth-order valence-electron chi connectivity index (χ4n) is 3.19. The van der Waals surface area contributed by atoms with E-state index in [1.807, 2.05) is 13.8 Å². The fourth-order valence-corrected chi connectivity index (χ4v) is 4.96. The van der Waals surface area contributed by atoms with Gasteiger partial charge >= 0.3 is 5.97 Å². The number of benzene rings is 2. The average Bonchev–Trinajstić information content (AvgIpc) is 2.71. The number of nitrogens with zero attached hydrogens (tertiary/aromatic N) is 1. The number of ether oxygens (including phenoxy) is 2. The van der Waals surface area contributed by atoms with Crippen LogP contribution in [0.5, 0.6) is 0 Å². The molecule has 0 aromatic heterocycles. The number of sulfonamides is 1. The maximum atomic E-state index is 13.0. The summed E-state index contributed by atoms with van der Waals surface area (Å²) in [4.78, 5) is 24.5. The first-order valence-corrected chi connectivity index (χ1v) is 11.2.